The lowest BCUT2D eigenvalue weighted by Crippen LogP contribution is -1.99. The molecule has 3 aliphatic carbocycles. The zero-order chi connectivity index (χ0) is 28.6. The largest absolute Gasteiger partial charge is 0.0619 e. The molecule has 0 heteroatoms. The first kappa shape index (κ1) is 26.0. The number of rotatable bonds is 5. The Morgan fingerprint density at radius 3 is 0.953 bits per heavy atom. The standard InChI is InChI=1S/C30H26.C13H10/c1-5-15-25-21(11-1)22-12-2-6-16-26(22)29(25)19-9-10-20-30-27-17-7-3-13-23(27)24-14-4-8-18-28(24)30;1-3-7-12-10(5-1)9-11-6-2-4-8-13(11)12/h1-8,11-18,29-30H,9-10,19-20H2;1-8H,9H2. The fourth-order valence-electron chi connectivity index (χ4n) is 7.92. The monoisotopic (exact) mass is 552 g/mol. The smallest absolute Gasteiger partial charge is 0.0102 e. The summed E-state index contributed by atoms with van der Waals surface area (Å²) in [7, 11) is 0. The molecule has 0 amide bonds. The average molecular weight is 553 g/mol. The lowest BCUT2D eigenvalue weighted by molar-refractivity contribution is 0.583. The molecule has 0 fully saturated rings. The molecule has 0 saturated heterocycles. The summed E-state index contributed by atoms with van der Waals surface area (Å²) in [6, 6.07) is 53.3. The average Bonchev–Trinajstić information content (AvgIpc) is 3.72. The second-order valence-corrected chi connectivity index (χ2v) is 12.2. The second kappa shape index (κ2) is 11.2. The van der Waals surface area contributed by atoms with Crippen molar-refractivity contribution in [3.05, 3.63) is 179 Å². The number of unbranched alkanes of at least 4 members (excludes halogenated alkanes) is 1. The van der Waals surface area contributed by atoms with Gasteiger partial charge in [-0.05, 0) is 86.0 Å². The van der Waals surface area contributed by atoms with Crippen molar-refractivity contribution < 1.29 is 0 Å². The highest BCUT2D eigenvalue weighted by Crippen LogP contribution is 2.49. The van der Waals surface area contributed by atoms with E-state index in [1.165, 1.54) is 92.4 Å². The first-order valence-corrected chi connectivity index (χ1v) is 15.9. The van der Waals surface area contributed by atoms with Gasteiger partial charge in [0.25, 0.3) is 0 Å². The highest BCUT2D eigenvalue weighted by Gasteiger charge is 2.29. The van der Waals surface area contributed by atoms with Crippen LogP contribution < -0.4 is 0 Å². The van der Waals surface area contributed by atoms with Crippen molar-refractivity contribution >= 4 is 0 Å². The van der Waals surface area contributed by atoms with Crippen molar-refractivity contribution in [3.63, 3.8) is 0 Å². The first-order chi connectivity index (χ1) is 21.4. The van der Waals surface area contributed by atoms with Crippen LogP contribution in [0.1, 0.15) is 70.9 Å². The Labute approximate surface area is 255 Å². The number of hydrogen-bond acceptors (Lipinski definition) is 0. The van der Waals surface area contributed by atoms with Crippen molar-refractivity contribution in [2.24, 2.45) is 0 Å². The van der Waals surface area contributed by atoms with Crippen molar-refractivity contribution in [2.45, 2.75) is 43.9 Å². The molecule has 0 spiro atoms. The van der Waals surface area contributed by atoms with Gasteiger partial charge in [-0.2, -0.15) is 0 Å². The zero-order valence-electron chi connectivity index (χ0n) is 24.5. The molecule has 43 heavy (non-hydrogen) atoms. The van der Waals surface area contributed by atoms with E-state index >= 15 is 0 Å². The van der Waals surface area contributed by atoms with Crippen LogP contribution in [0.5, 0.6) is 0 Å². The number of fused-ring (bicyclic) bond motifs is 9. The van der Waals surface area contributed by atoms with E-state index in [4.69, 9.17) is 0 Å². The van der Waals surface area contributed by atoms with Gasteiger partial charge in [0.2, 0.25) is 0 Å². The Morgan fingerprint density at radius 1 is 0.326 bits per heavy atom. The molecule has 208 valence electrons. The third kappa shape index (κ3) is 4.63. The van der Waals surface area contributed by atoms with Gasteiger partial charge in [0.1, 0.15) is 0 Å². The lowest BCUT2D eigenvalue weighted by atomic mass is 9.88. The van der Waals surface area contributed by atoms with E-state index in [0.29, 0.717) is 11.8 Å². The predicted molar refractivity (Wildman–Crippen MR) is 181 cm³/mol. The molecule has 0 aliphatic heterocycles. The number of benzene rings is 6. The molecule has 0 heterocycles. The maximum atomic E-state index is 2.34. The van der Waals surface area contributed by atoms with Gasteiger partial charge in [-0.15, -0.1) is 0 Å². The second-order valence-electron chi connectivity index (χ2n) is 12.2. The van der Waals surface area contributed by atoms with Gasteiger partial charge in [-0.3, -0.25) is 0 Å². The van der Waals surface area contributed by atoms with E-state index < -0.39 is 0 Å². The van der Waals surface area contributed by atoms with Crippen molar-refractivity contribution in [1.29, 1.82) is 0 Å². The maximum absolute atomic E-state index is 2.34. The van der Waals surface area contributed by atoms with Crippen molar-refractivity contribution in [2.75, 3.05) is 0 Å². The van der Waals surface area contributed by atoms with E-state index in [1.807, 2.05) is 0 Å². The molecule has 9 rings (SSSR count). The van der Waals surface area contributed by atoms with Crippen molar-refractivity contribution in [3.8, 4) is 33.4 Å². The van der Waals surface area contributed by atoms with Gasteiger partial charge >= 0.3 is 0 Å². The van der Waals surface area contributed by atoms with Crippen LogP contribution >= 0.6 is 0 Å². The normalized spacial score (nSPS) is 13.7. The summed E-state index contributed by atoms with van der Waals surface area (Å²) < 4.78 is 0. The molecular weight excluding hydrogens is 516 g/mol. The first-order valence-electron chi connectivity index (χ1n) is 15.9. The fraction of sp³-hybridized carbons (Fsp3) is 0.163. The Morgan fingerprint density at radius 2 is 0.605 bits per heavy atom. The zero-order valence-corrected chi connectivity index (χ0v) is 24.5. The summed E-state index contributed by atoms with van der Waals surface area (Å²) in [5.74, 6) is 1.11. The molecule has 0 aromatic heterocycles. The predicted octanol–water partition coefficient (Wildman–Crippen LogP) is 11.4. The highest BCUT2D eigenvalue weighted by atomic mass is 14.3. The Hall–Kier alpha value is -4.68. The molecule has 0 atom stereocenters. The minimum Gasteiger partial charge on any atom is -0.0619 e. The summed E-state index contributed by atoms with van der Waals surface area (Å²) >= 11 is 0. The SMILES string of the molecule is c1ccc2c(c1)-c1ccccc1C2CCCCC1c2ccccc2-c2ccccc21.c1ccc2c(c1)Cc1ccccc1-2. The van der Waals surface area contributed by atoms with E-state index in [1.54, 1.807) is 0 Å². The van der Waals surface area contributed by atoms with Gasteiger partial charge in [0, 0.05) is 11.8 Å². The Kier molecular flexibility index (Phi) is 6.76. The number of hydrogen-bond donors (Lipinski definition) is 0. The van der Waals surface area contributed by atoms with Crippen LogP contribution in [0.4, 0.5) is 0 Å². The van der Waals surface area contributed by atoms with Gasteiger partial charge in [-0.25, -0.2) is 0 Å². The molecule has 6 aromatic rings. The van der Waals surface area contributed by atoms with Crippen molar-refractivity contribution in [1.82, 2.24) is 0 Å². The topological polar surface area (TPSA) is 0 Å². The fourth-order valence-corrected chi connectivity index (χ4v) is 7.92. The van der Waals surface area contributed by atoms with Gasteiger partial charge in [0.05, 0.1) is 0 Å². The minimum atomic E-state index is 0.556. The highest BCUT2D eigenvalue weighted by molar-refractivity contribution is 5.80. The van der Waals surface area contributed by atoms with Gasteiger partial charge in [-0.1, -0.05) is 158 Å². The molecular formula is C43H36. The third-order valence-corrected chi connectivity index (χ3v) is 9.87. The quantitative estimate of drug-likeness (QED) is 0.186. The van der Waals surface area contributed by atoms with E-state index in [-0.39, 0.29) is 0 Å². The molecule has 0 nitrogen and oxygen atoms in total. The van der Waals surface area contributed by atoms with Crippen LogP contribution in [0.15, 0.2) is 146 Å². The van der Waals surface area contributed by atoms with Crippen LogP contribution in [0.25, 0.3) is 33.4 Å². The van der Waals surface area contributed by atoms with E-state index in [9.17, 15) is 0 Å². The van der Waals surface area contributed by atoms with Crippen LogP contribution in [-0.4, -0.2) is 0 Å². The van der Waals surface area contributed by atoms with Gasteiger partial charge < -0.3 is 0 Å². The molecule has 0 radical (unpaired) electrons. The molecule has 6 aromatic carbocycles. The van der Waals surface area contributed by atoms with Crippen LogP contribution in [0.3, 0.4) is 0 Å². The molecule has 0 unspecified atom stereocenters. The summed E-state index contributed by atoms with van der Waals surface area (Å²) in [6.45, 7) is 0. The van der Waals surface area contributed by atoms with E-state index in [0.717, 1.165) is 6.42 Å². The summed E-state index contributed by atoms with van der Waals surface area (Å²) in [4.78, 5) is 0. The van der Waals surface area contributed by atoms with Crippen LogP contribution in [-0.2, 0) is 6.42 Å². The summed E-state index contributed by atoms with van der Waals surface area (Å²) in [5.41, 5.74) is 17.6. The van der Waals surface area contributed by atoms with Crippen LogP contribution in [0.2, 0.25) is 0 Å². The lowest BCUT2D eigenvalue weighted by Gasteiger charge is -2.16. The Bertz CT molecular complexity index is 1690. The minimum absolute atomic E-state index is 0.556. The molecule has 0 saturated carbocycles. The molecule has 0 N–H and O–H groups in total. The van der Waals surface area contributed by atoms with E-state index in [2.05, 4.69) is 146 Å². The van der Waals surface area contributed by atoms with Gasteiger partial charge in [0.15, 0.2) is 0 Å². The maximum Gasteiger partial charge on any atom is 0.0102 e. The van der Waals surface area contributed by atoms with Crippen LogP contribution in [0, 0.1) is 0 Å². The summed E-state index contributed by atoms with van der Waals surface area (Å²) in [5, 5.41) is 0. The third-order valence-electron chi connectivity index (χ3n) is 9.87. The molecule has 3 aliphatic rings. The Balaban J connectivity index is 0.000000177. The molecule has 0 bridgehead atoms. The summed E-state index contributed by atoms with van der Waals surface area (Å²) in [6.07, 6.45) is 6.13.